The highest BCUT2D eigenvalue weighted by Crippen LogP contribution is 2.22. The van der Waals surface area contributed by atoms with Crippen molar-refractivity contribution in [2.24, 2.45) is 0 Å². The first-order valence-corrected chi connectivity index (χ1v) is 8.96. The molecular weight excluding hydrogens is 332 g/mol. The highest BCUT2D eigenvalue weighted by atomic mass is 16.2. The Kier molecular flexibility index (Phi) is 5.35. The van der Waals surface area contributed by atoms with Crippen LogP contribution in [0.5, 0.6) is 0 Å². The molecule has 2 aliphatic rings. The molecule has 2 N–H and O–H groups in total. The molecule has 1 unspecified atom stereocenters. The molecule has 1 atom stereocenters. The lowest BCUT2D eigenvalue weighted by Gasteiger charge is -2.36. The van der Waals surface area contributed by atoms with Gasteiger partial charge in [-0.2, -0.15) is 0 Å². The van der Waals surface area contributed by atoms with E-state index in [0.29, 0.717) is 38.8 Å². The summed E-state index contributed by atoms with van der Waals surface area (Å²) in [4.78, 5) is 39.7. The van der Waals surface area contributed by atoms with Crippen LogP contribution in [0.25, 0.3) is 0 Å². The molecule has 2 aliphatic heterocycles. The fourth-order valence-electron chi connectivity index (χ4n) is 3.40. The smallest absolute Gasteiger partial charge is 0.323 e. The molecule has 0 radical (unpaired) electrons. The minimum atomic E-state index is -0.694. The molecule has 3 rings (SSSR count). The predicted molar refractivity (Wildman–Crippen MR) is 96.8 cm³/mol. The lowest BCUT2D eigenvalue weighted by Crippen LogP contribution is -2.57. The van der Waals surface area contributed by atoms with Gasteiger partial charge in [0.05, 0.1) is 6.54 Å². The molecule has 0 spiro atoms. The molecule has 0 aliphatic carbocycles. The second kappa shape index (κ2) is 7.68. The minimum Gasteiger partial charge on any atom is -0.334 e. The number of amidine groups is 1. The lowest BCUT2D eigenvalue weighted by molar-refractivity contribution is -0.135. The van der Waals surface area contributed by atoms with Gasteiger partial charge in [-0.15, -0.1) is 0 Å². The first kappa shape index (κ1) is 18.1. The number of rotatable bonds is 3. The summed E-state index contributed by atoms with van der Waals surface area (Å²) < 4.78 is 0. The maximum absolute atomic E-state index is 12.8. The van der Waals surface area contributed by atoms with Crippen molar-refractivity contribution in [3.05, 3.63) is 35.4 Å². The standard InChI is InChI=1S/C19H24N4O3/c1-13-5-7-14(8-6-13)11-21-19(26)23-16(3-2-4-17(23)20)18(25)22-10-9-15(24)12-22/h5-8,16,20H,2-4,9-12H2,1H3,(H,21,26). The van der Waals surface area contributed by atoms with Crippen molar-refractivity contribution in [2.75, 3.05) is 13.1 Å². The van der Waals surface area contributed by atoms with E-state index in [4.69, 9.17) is 5.41 Å². The fraction of sp³-hybridized carbons (Fsp3) is 0.474. The predicted octanol–water partition coefficient (Wildman–Crippen LogP) is 1.84. The van der Waals surface area contributed by atoms with Crippen LogP contribution < -0.4 is 5.32 Å². The quantitative estimate of drug-likeness (QED) is 0.865. The van der Waals surface area contributed by atoms with E-state index in [2.05, 4.69) is 5.32 Å². The number of piperidine rings is 1. The van der Waals surface area contributed by atoms with E-state index in [-0.39, 0.29) is 24.1 Å². The molecule has 138 valence electrons. The monoisotopic (exact) mass is 356 g/mol. The van der Waals surface area contributed by atoms with Gasteiger partial charge in [-0.1, -0.05) is 29.8 Å². The Labute approximate surface area is 152 Å². The molecule has 1 aromatic rings. The van der Waals surface area contributed by atoms with E-state index < -0.39 is 12.1 Å². The zero-order valence-electron chi connectivity index (χ0n) is 15.0. The largest absolute Gasteiger partial charge is 0.334 e. The molecule has 3 amide bonds. The van der Waals surface area contributed by atoms with Crippen LogP contribution in [-0.4, -0.2) is 52.5 Å². The number of nitrogens with one attached hydrogen (secondary N) is 2. The average Bonchev–Trinajstić information content (AvgIpc) is 3.06. The maximum Gasteiger partial charge on any atom is 0.323 e. The van der Waals surface area contributed by atoms with Gasteiger partial charge in [-0.3, -0.25) is 19.9 Å². The van der Waals surface area contributed by atoms with Gasteiger partial charge in [-0.25, -0.2) is 4.79 Å². The Bertz CT molecular complexity index is 729. The highest BCUT2D eigenvalue weighted by Gasteiger charge is 2.39. The van der Waals surface area contributed by atoms with Crippen LogP contribution in [0.1, 0.15) is 36.8 Å². The second-order valence-electron chi connectivity index (χ2n) is 6.92. The van der Waals surface area contributed by atoms with Crippen LogP contribution in [0.3, 0.4) is 0 Å². The Morgan fingerprint density at radius 1 is 1.23 bits per heavy atom. The average molecular weight is 356 g/mol. The molecule has 7 heteroatoms. The van der Waals surface area contributed by atoms with Gasteiger partial charge in [0.1, 0.15) is 11.9 Å². The molecule has 0 bridgehead atoms. The van der Waals surface area contributed by atoms with Crippen molar-refractivity contribution >= 4 is 23.6 Å². The normalized spacial score (nSPS) is 20.4. The highest BCUT2D eigenvalue weighted by molar-refractivity contribution is 6.02. The summed E-state index contributed by atoms with van der Waals surface area (Å²) in [5.74, 6) is -0.0353. The Morgan fingerprint density at radius 2 is 1.96 bits per heavy atom. The van der Waals surface area contributed by atoms with E-state index in [9.17, 15) is 14.4 Å². The van der Waals surface area contributed by atoms with Crippen molar-refractivity contribution in [1.82, 2.24) is 15.1 Å². The Balaban J connectivity index is 1.68. The van der Waals surface area contributed by atoms with E-state index >= 15 is 0 Å². The van der Waals surface area contributed by atoms with Gasteiger partial charge in [0.15, 0.2) is 5.78 Å². The Morgan fingerprint density at radius 3 is 2.62 bits per heavy atom. The summed E-state index contributed by atoms with van der Waals surface area (Å²) in [7, 11) is 0. The van der Waals surface area contributed by atoms with Gasteiger partial charge in [0.25, 0.3) is 0 Å². The summed E-state index contributed by atoms with van der Waals surface area (Å²) in [5, 5.41) is 11.0. The van der Waals surface area contributed by atoms with Crippen LogP contribution >= 0.6 is 0 Å². The van der Waals surface area contributed by atoms with Crippen LogP contribution in [-0.2, 0) is 16.1 Å². The molecule has 0 saturated carbocycles. The van der Waals surface area contributed by atoms with Gasteiger partial charge in [-0.05, 0) is 25.3 Å². The summed E-state index contributed by atoms with van der Waals surface area (Å²) >= 11 is 0. The van der Waals surface area contributed by atoms with Crippen molar-refractivity contribution in [3.63, 3.8) is 0 Å². The van der Waals surface area contributed by atoms with Gasteiger partial charge < -0.3 is 10.2 Å². The molecule has 0 aromatic heterocycles. The zero-order valence-corrected chi connectivity index (χ0v) is 15.0. The molecule has 26 heavy (non-hydrogen) atoms. The number of carbonyl (C=O) groups is 3. The number of Topliss-reactive ketones (excluding diaryl/α,β-unsaturated/α-hetero) is 1. The number of aryl methyl sites for hydroxylation is 1. The molecule has 2 fully saturated rings. The number of urea groups is 1. The van der Waals surface area contributed by atoms with Gasteiger partial charge in [0, 0.05) is 25.9 Å². The maximum atomic E-state index is 12.8. The van der Waals surface area contributed by atoms with Crippen LogP contribution in [0.4, 0.5) is 4.79 Å². The third-order valence-electron chi connectivity index (χ3n) is 4.90. The van der Waals surface area contributed by atoms with Crippen molar-refractivity contribution in [1.29, 1.82) is 5.41 Å². The van der Waals surface area contributed by atoms with Crippen LogP contribution in [0.2, 0.25) is 0 Å². The third-order valence-corrected chi connectivity index (χ3v) is 4.90. The molecule has 1 aromatic carbocycles. The second-order valence-corrected chi connectivity index (χ2v) is 6.92. The van der Waals surface area contributed by atoms with E-state index in [1.54, 1.807) is 0 Å². The van der Waals surface area contributed by atoms with Crippen molar-refractivity contribution in [2.45, 2.75) is 45.2 Å². The number of carbonyl (C=O) groups excluding carboxylic acids is 3. The third kappa shape index (κ3) is 3.92. The zero-order chi connectivity index (χ0) is 18.7. The molecule has 7 nitrogen and oxygen atoms in total. The van der Waals surface area contributed by atoms with Crippen LogP contribution in [0.15, 0.2) is 24.3 Å². The summed E-state index contributed by atoms with van der Waals surface area (Å²) in [6.45, 7) is 2.85. The minimum absolute atomic E-state index is 0.0413. The fourth-order valence-corrected chi connectivity index (χ4v) is 3.40. The number of likely N-dealkylation sites (tertiary alicyclic amines) is 2. The number of hydrogen-bond donors (Lipinski definition) is 2. The number of benzene rings is 1. The topological polar surface area (TPSA) is 93.6 Å². The summed E-state index contributed by atoms with van der Waals surface area (Å²) in [6.07, 6.45) is 2.05. The first-order valence-electron chi connectivity index (χ1n) is 8.96. The van der Waals surface area contributed by atoms with E-state index in [0.717, 1.165) is 11.1 Å². The summed E-state index contributed by atoms with van der Waals surface area (Å²) in [6, 6.07) is 6.70. The number of nitrogens with zero attached hydrogens (tertiary/aromatic N) is 2. The van der Waals surface area contributed by atoms with E-state index in [1.165, 1.54) is 9.80 Å². The molecule has 2 heterocycles. The van der Waals surface area contributed by atoms with E-state index in [1.807, 2.05) is 31.2 Å². The van der Waals surface area contributed by atoms with Crippen molar-refractivity contribution in [3.8, 4) is 0 Å². The number of ketones is 1. The SMILES string of the molecule is Cc1ccc(CNC(=O)N2C(=N)CCCC2C(=O)N2CCC(=O)C2)cc1. The Hall–Kier alpha value is -2.70. The van der Waals surface area contributed by atoms with Gasteiger partial charge in [0.2, 0.25) is 5.91 Å². The number of amides is 3. The van der Waals surface area contributed by atoms with Gasteiger partial charge >= 0.3 is 6.03 Å². The van der Waals surface area contributed by atoms with Crippen LogP contribution in [0, 0.1) is 12.3 Å². The molecule has 2 saturated heterocycles. The number of hydrogen-bond acceptors (Lipinski definition) is 4. The molecular formula is C19H24N4O3. The van der Waals surface area contributed by atoms with Crippen molar-refractivity contribution < 1.29 is 14.4 Å². The summed E-state index contributed by atoms with van der Waals surface area (Å²) in [5.41, 5.74) is 2.10. The first-order chi connectivity index (χ1) is 12.5. The lowest BCUT2D eigenvalue weighted by atomic mass is 10.0.